The average Bonchev–Trinajstić information content (AvgIpc) is 2.96. The Morgan fingerprint density at radius 1 is 1.25 bits per heavy atom. The molecule has 0 aliphatic carbocycles. The van der Waals surface area contributed by atoms with Crippen molar-refractivity contribution < 1.29 is 9.53 Å². The van der Waals surface area contributed by atoms with Crippen LogP contribution in [0.25, 0.3) is 0 Å². The second kappa shape index (κ2) is 10.1. The summed E-state index contributed by atoms with van der Waals surface area (Å²) in [6.45, 7) is 1.29. The van der Waals surface area contributed by atoms with Gasteiger partial charge < -0.3 is 14.6 Å². The van der Waals surface area contributed by atoms with E-state index in [1.165, 1.54) is 17.3 Å². The first-order valence-electron chi connectivity index (χ1n) is 8.01. The maximum atomic E-state index is 11.8. The number of thioether (sulfide) groups is 1. The van der Waals surface area contributed by atoms with Crippen molar-refractivity contribution in [3.8, 4) is 0 Å². The number of carbonyl (C=O) groups is 1. The number of amides is 1. The quantitative estimate of drug-likeness (QED) is 0.524. The third-order valence-corrected chi connectivity index (χ3v) is 4.61. The van der Waals surface area contributed by atoms with Crippen molar-refractivity contribution in [2.45, 2.75) is 24.4 Å². The van der Waals surface area contributed by atoms with Gasteiger partial charge in [0, 0.05) is 33.7 Å². The van der Waals surface area contributed by atoms with Crippen molar-refractivity contribution in [1.29, 1.82) is 0 Å². The Morgan fingerprint density at radius 3 is 2.79 bits per heavy atom. The number of hydrogen-bond donors (Lipinski definition) is 1. The smallest absolute Gasteiger partial charge is 0.230 e. The molecule has 2 rings (SSSR count). The zero-order chi connectivity index (χ0) is 17.2. The number of nitrogens with one attached hydrogen (secondary N) is 1. The van der Waals surface area contributed by atoms with E-state index in [0.29, 0.717) is 18.9 Å². The molecule has 0 fully saturated rings. The first kappa shape index (κ1) is 18.5. The molecule has 130 valence electrons. The standard InChI is InChI=1S/C17H24N4O2S/c1-21-15(10-9-14-7-4-3-5-8-14)19-20-17(21)24-13-16(22)18-11-6-12-23-2/h3-5,7-8H,6,9-13H2,1-2H3,(H,18,22). The summed E-state index contributed by atoms with van der Waals surface area (Å²) >= 11 is 1.41. The number of nitrogens with zero attached hydrogens (tertiary/aromatic N) is 3. The third kappa shape index (κ3) is 5.98. The van der Waals surface area contributed by atoms with E-state index >= 15 is 0 Å². The van der Waals surface area contributed by atoms with Gasteiger partial charge in [0.25, 0.3) is 0 Å². The van der Waals surface area contributed by atoms with Gasteiger partial charge in [-0.25, -0.2) is 0 Å². The molecule has 0 saturated heterocycles. The molecule has 6 nitrogen and oxygen atoms in total. The maximum Gasteiger partial charge on any atom is 0.230 e. The fourth-order valence-corrected chi connectivity index (χ4v) is 2.97. The Bertz CT molecular complexity index is 631. The molecule has 24 heavy (non-hydrogen) atoms. The van der Waals surface area contributed by atoms with Gasteiger partial charge in [0.05, 0.1) is 5.75 Å². The zero-order valence-electron chi connectivity index (χ0n) is 14.2. The van der Waals surface area contributed by atoms with Crippen molar-refractivity contribution in [2.24, 2.45) is 7.05 Å². The fourth-order valence-electron chi connectivity index (χ4n) is 2.21. The number of carbonyl (C=O) groups excluding carboxylic acids is 1. The zero-order valence-corrected chi connectivity index (χ0v) is 15.0. The monoisotopic (exact) mass is 348 g/mol. The van der Waals surface area contributed by atoms with Gasteiger partial charge in [-0.2, -0.15) is 0 Å². The minimum absolute atomic E-state index is 0.00457. The lowest BCUT2D eigenvalue weighted by molar-refractivity contribution is -0.118. The Kier molecular flexibility index (Phi) is 7.77. The molecular formula is C17H24N4O2S. The molecular weight excluding hydrogens is 324 g/mol. The second-order valence-corrected chi connectivity index (χ2v) is 6.37. The normalized spacial score (nSPS) is 10.8. The molecule has 0 spiro atoms. The van der Waals surface area contributed by atoms with Crippen molar-refractivity contribution in [3.05, 3.63) is 41.7 Å². The topological polar surface area (TPSA) is 69.0 Å². The second-order valence-electron chi connectivity index (χ2n) is 5.43. The predicted octanol–water partition coefficient (Wildman–Crippen LogP) is 1.85. The van der Waals surface area contributed by atoms with Gasteiger partial charge in [0.1, 0.15) is 5.82 Å². The number of aromatic nitrogens is 3. The van der Waals surface area contributed by atoms with Crippen LogP contribution < -0.4 is 5.32 Å². The number of methoxy groups -OCH3 is 1. The van der Waals surface area contributed by atoms with Crippen molar-refractivity contribution >= 4 is 17.7 Å². The Hall–Kier alpha value is -1.86. The minimum Gasteiger partial charge on any atom is -0.385 e. The van der Waals surface area contributed by atoms with Gasteiger partial charge in [-0.05, 0) is 18.4 Å². The van der Waals surface area contributed by atoms with Gasteiger partial charge in [-0.1, -0.05) is 42.1 Å². The molecule has 2 aromatic rings. The van der Waals surface area contributed by atoms with Crippen LogP contribution in [0.4, 0.5) is 0 Å². The van der Waals surface area contributed by atoms with E-state index in [-0.39, 0.29) is 5.91 Å². The number of ether oxygens (including phenoxy) is 1. The number of benzene rings is 1. The first-order chi connectivity index (χ1) is 11.7. The van der Waals surface area contributed by atoms with Crippen LogP contribution in [-0.2, 0) is 29.4 Å². The van der Waals surface area contributed by atoms with Gasteiger partial charge in [-0.15, -0.1) is 10.2 Å². The van der Waals surface area contributed by atoms with E-state index in [2.05, 4.69) is 27.6 Å². The SMILES string of the molecule is COCCCNC(=O)CSc1nnc(CCc2ccccc2)n1C. The van der Waals surface area contributed by atoms with Gasteiger partial charge in [-0.3, -0.25) is 4.79 Å². The highest BCUT2D eigenvalue weighted by Crippen LogP contribution is 2.16. The minimum atomic E-state index is 0.00457. The molecule has 0 aliphatic rings. The van der Waals surface area contributed by atoms with Crippen LogP contribution in [0.3, 0.4) is 0 Å². The van der Waals surface area contributed by atoms with Gasteiger partial charge in [0.2, 0.25) is 5.91 Å². The molecule has 1 aromatic heterocycles. The average molecular weight is 348 g/mol. The molecule has 0 aliphatic heterocycles. The lowest BCUT2D eigenvalue weighted by Crippen LogP contribution is -2.26. The summed E-state index contributed by atoms with van der Waals surface area (Å²) in [5.41, 5.74) is 1.28. The van der Waals surface area contributed by atoms with E-state index in [4.69, 9.17) is 4.74 Å². The Balaban J connectivity index is 1.76. The lowest BCUT2D eigenvalue weighted by atomic mass is 10.1. The van der Waals surface area contributed by atoms with Gasteiger partial charge >= 0.3 is 0 Å². The highest BCUT2D eigenvalue weighted by molar-refractivity contribution is 7.99. The molecule has 0 radical (unpaired) electrons. The molecule has 0 unspecified atom stereocenters. The largest absolute Gasteiger partial charge is 0.385 e. The van der Waals surface area contributed by atoms with E-state index in [1.54, 1.807) is 7.11 Å². The van der Waals surface area contributed by atoms with Crippen molar-refractivity contribution in [3.63, 3.8) is 0 Å². The summed E-state index contributed by atoms with van der Waals surface area (Å²) in [5, 5.41) is 12.1. The summed E-state index contributed by atoms with van der Waals surface area (Å²) < 4.78 is 6.91. The molecule has 1 N–H and O–H groups in total. The Labute approximate surface area is 147 Å². The molecule has 0 saturated carbocycles. The van der Waals surface area contributed by atoms with Crippen LogP contribution in [0.1, 0.15) is 17.8 Å². The number of aryl methyl sites for hydroxylation is 2. The molecule has 7 heteroatoms. The number of hydrogen-bond acceptors (Lipinski definition) is 5. The lowest BCUT2D eigenvalue weighted by Gasteiger charge is -2.05. The fraction of sp³-hybridized carbons (Fsp3) is 0.471. The summed E-state index contributed by atoms with van der Waals surface area (Å²) in [6.07, 6.45) is 2.58. The molecule has 1 amide bonds. The highest BCUT2D eigenvalue weighted by Gasteiger charge is 2.11. The number of rotatable bonds is 10. The van der Waals surface area contributed by atoms with E-state index in [0.717, 1.165) is 30.2 Å². The molecule has 1 heterocycles. The highest BCUT2D eigenvalue weighted by atomic mass is 32.2. The van der Waals surface area contributed by atoms with Crippen LogP contribution in [0.15, 0.2) is 35.5 Å². The van der Waals surface area contributed by atoms with Crippen molar-refractivity contribution in [2.75, 3.05) is 26.0 Å². The summed E-state index contributed by atoms with van der Waals surface area (Å²) in [4.78, 5) is 11.8. The molecule has 0 atom stereocenters. The molecule has 1 aromatic carbocycles. The van der Waals surface area contributed by atoms with Crippen LogP contribution >= 0.6 is 11.8 Å². The van der Waals surface area contributed by atoms with E-state index < -0.39 is 0 Å². The molecule has 0 bridgehead atoms. The Morgan fingerprint density at radius 2 is 2.04 bits per heavy atom. The summed E-state index contributed by atoms with van der Waals surface area (Å²) in [6, 6.07) is 10.3. The van der Waals surface area contributed by atoms with Crippen molar-refractivity contribution in [1.82, 2.24) is 20.1 Å². The first-order valence-corrected chi connectivity index (χ1v) is 9.00. The summed E-state index contributed by atoms with van der Waals surface area (Å²) in [5.74, 6) is 1.28. The van der Waals surface area contributed by atoms with Crippen LogP contribution in [0.5, 0.6) is 0 Å². The van der Waals surface area contributed by atoms with Gasteiger partial charge in [0.15, 0.2) is 5.16 Å². The van der Waals surface area contributed by atoms with E-state index in [1.807, 2.05) is 29.8 Å². The van der Waals surface area contributed by atoms with E-state index in [9.17, 15) is 4.79 Å². The van der Waals surface area contributed by atoms with Crippen LogP contribution in [-0.4, -0.2) is 46.7 Å². The third-order valence-electron chi connectivity index (χ3n) is 3.58. The summed E-state index contributed by atoms with van der Waals surface area (Å²) in [7, 11) is 3.60. The van der Waals surface area contributed by atoms with Crippen LogP contribution in [0, 0.1) is 0 Å². The maximum absolute atomic E-state index is 11.8. The van der Waals surface area contributed by atoms with Crippen LogP contribution in [0.2, 0.25) is 0 Å². The predicted molar refractivity (Wildman–Crippen MR) is 95.1 cm³/mol.